The summed E-state index contributed by atoms with van der Waals surface area (Å²) < 4.78 is 5.48. The summed E-state index contributed by atoms with van der Waals surface area (Å²) in [5, 5.41) is 4.42. The highest BCUT2D eigenvalue weighted by atomic mass is 16.3. The molecule has 3 nitrogen and oxygen atoms in total. The Kier molecular flexibility index (Phi) is 3.68. The molecule has 1 N–H and O–H groups in total. The zero-order valence-electron chi connectivity index (χ0n) is 13.7. The van der Waals surface area contributed by atoms with Crippen molar-refractivity contribution in [2.75, 3.05) is 20.6 Å². The number of benzene rings is 2. The van der Waals surface area contributed by atoms with E-state index < -0.39 is 0 Å². The smallest absolute Gasteiger partial charge is 0.133 e. The number of fused-ring (bicyclic) bond motifs is 2. The fourth-order valence-electron chi connectivity index (χ4n) is 3.70. The Morgan fingerprint density at radius 1 is 1.17 bits per heavy atom. The quantitative estimate of drug-likeness (QED) is 0.799. The van der Waals surface area contributed by atoms with Gasteiger partial charge < -0.3 is 14.6 Å². The van der Waals surface area contributed by atoms with Gasteiger partial charge in [0.15, 0.2) is 0 Å². The number of furan rings is 1. The highest BCUT2D eigenvalue weighted by Gasteiger charge is 2.25. The summed E-state index contributed by atoms with van der Waals surface area (Å²) in [5.41, 5.74) is 6.59. The van der Waals surface area contributed by atoms with Crippen molar-refractivity contribution in [3.63, 3.8) is 0 Å². The van der Waals surface area contributed by atoms with Gasteiger partial charge in [-0.3, -0.25) is 0 Å². The fourth-order valence-corrected chi connectivity index (χ4v) is 3.70. The minimum atomic E-state index is 0.423. The summed E-state index contributed by atoms with van der Waals surface area (Å²) in [4.78, 5) is 2.41. The topological polar surface area (TPSA) is 28.4 Å². The molecule has 0 spiro atoms. The Bertz CT molecular complexity index is 837. The van der Waals surface area contributed by atoms with Crippen LogP contribution in [0.2, 0.25) is 0 Å². The van der Waals surface area contributed by atoms with Crippen LogP contribution in [0.5, 0.6) is 0 Å². The normalized spacial score (nSPS) is 18.3. The van der Waals surface area contributed by atoms with Gasteiger partial charge in [0.25, 0.3) is 0 Å². The molecule has 2 aromatic carbocycles. The summed E-state index contributed by atoms with van der Waals surface area (Å²) in [5.74, 6) is 0.423. The molecule has 4 rings (SSSR count). The van der Waals surface area contributed by atoms with E-state index in [0.717, 1.165) is 25.2 Å². The van der Waals surface area contributed by atoms with Gasteiger partial charge in [0.1, 0.15) is 5.58 Å². The maximum atomic E-state index is 5.48. The maximum absolute atomic E-state index is 5.48. The molecule has 1 aromatic heterocycles. The number of hydrogen-bond donors (Lipinski definition) is 1. The van der Waals surface area contributed by atoms with Crippen LogP contribution in [0.15, 0.2) is 53.1 Å². The monoisotopic (exact) mass is 306 g/mol. The van der Waals surface area contributed by atoms with Gasteiger partial charge in [-0.1, -0.05) is 24.3 Å². The molecular formula is C20H22N2O. The molecule has 0 bridgehead atoms. The van der Waals surface area contributed by atoms with Crippen LogP contribution in [-0.2, 0) is 13.1 Å². The summed E-state index contributed by atoms with van der Waals surface area (Å²) in [6.07, 6.45) is 1.76. The molecule has 0 saturated carbocycles. The first-order chi connectivity index (χ1) is 11.2. The lowest BCUT2D eigenvalue weighted by Crippen LogP contribution is -2.31. The van der Waals surface area contributed by atoms with E-state index in [4.69, 9.17) is 4.42 Å². The standard InChI is InChI=1S/C20H22N2O/c1-21-11-14-3-5-18-17(9-14)12-22(2)13-19(18)15-4-6-20-16(10-15)7-8-23-20/h3-10,19,21H,11-13H2,1-2H3. The van der Waals surface area contributed by atoms with Crippen molar-refractivity contribution in [3.05, 3.63) is 71.0 Å². The Labute approximate surface area is 136 Å². The largest absolute Gasteiger partial charge is 0.464 e. The second-order valence-electron chi connectivity index (χ2n) is 6.53. The molecule has 3 aromatic rings. The van der Waals surface area contributed by atoms with Crippen LogP contribution in [-0.4, -0.2) is 25.5 Å². The zero-order valence-corrected chi connectivity index (χ0v) is 13.7. The van der Waals surface area contributed by atoms with Gasteiger partial charge in [0.05, 0.1) is 6.26 Å². The van der Waals surface area contributed by atoms with E-state index in [2.05, 4.69) is 53.7 Å². The van der Waals surface area contributed by atoms with E-state index in [1.807, 2.05) is 13.1 Å². The Morgan fingerprint density at radius 2 is 2.09 bits per heavy atom. The Hall–Kier alpha value is -2.10. The predicted octanol–water partition coefficient (Wildman–Crippen LogP) is 3.73. The van der Waals surface area contributed by atoms with Gasteiger partial charge >= 0.3 is 0 Å². The minimum absolute atomic E-state index is 0.423. The molecule has 0 fully saturated rings. The first-order valence-corrected chi connectivity index (χ1v) is 8.16. The molecule has 118 valence electrons. The van der Waals surface area contributed by atoms with Crippen molar-refractivity contribution < 1.29 is 4.42 Å². The highest BCUT2D eigenvalue weighted by Crippen LogP contribution is 2.34. The van der Waals surface area contributed by atoms with Crippen LogP contribution in [0.25, 0.3) is 11.0 Å². The third-order valence-electron chi connectivity index (χ3n) is 4.78. The number of nitrogens with one attached hydrogen (secondary N) is 1. The molecule has 0 saturated heterocycles. The van der Waals surface area contributed by atoms with Crippen LogP contribution in [0.3, 0.4) is 0 Å². The molecular weight excluding hydrogens is 284 g/mol. The molecule has 0 aliphatic carbocycles. The van der Waals surface area contributed by atoms with Crippen molar-refractivity contribution in [2.24, 2.45) is 0 Å². The number of hydrogen-bond acceptors (Lipinski definition) is 3. The molecule has 1 aliphatic heterocycles. The number of likely N-dealkylation sites (N-methyl/N-ethyl adjacent to an activating group) is 1. The second-order valence-corrected chi connectivity index (χ2v) is 6.53. The second kappa shape index (κ2) is 5.84. The summed E-state index contributed by atoms with van der Waals surface area (Å²) >= 11 is 0. The molecule has 3 heteroatoms. The van der Waals surface area contributed by atoms with Gasteiger partial charge in [0, 0.05) is 30.9 Å². The number of rotatable bonds is 3. The third-order valence-corrected chi connectivity index (χ3v) is 4.78. The summed E-state index contributed by atoms with van der Waals surface area (Å²) in [7, 11) is 4.20. The van der Waals surface area contributed by atoms with Crippen LogP contribution < -0.4 is 5.32 Å². The van der Waals surface area contributed by atoms with Crippen molar-refractivity contribution >= 4 is 11.0 Å². The van der Waals surface area contributed by atoms with Crippen LogP contribution in [0, 0.1) is 0 Å². The van der Waals surface area contributed by atoms with Gasteiger partial charge in [-0.05, 0) is 54.5 Å². The maximum Gasteiger partial charge on any atom is 0.133 e. The molecule has 1 unspecified atom stereocenters. The predicted molar refractivity (Wildman–Crippen MR) is 93.6 cm³/mol. The van der Waals surface area contributed by atoms with Gasteiger partial charge in [-0.2, -0.15) is 0 Å². The van der Waals surface area contributed by atoms with Crippen LogP contribution in [0.4, 0.5) is 0 Å². The van der Waals surface area contributed by atoms with E-state index >= 15 is 0 Å². The van der Waals surface area contributed by atoms with Crippen molar-refractivity contribution in [1.82, 2.24) is 10.2 Å². The van der Waals surface area contributed by atoms with Crippen LogP contribution >= 0.6 is 0 Å². The zero-order chi connectivity index (χ0) is 15.8. The SMILES string of the molecule is CNCc1ccc2c(c1)CN(C)CC2c1ccc2occc2c1. The van der Waals surface area contributed by atoms with E-state index in [0.29, 0.717) is 5.92 Å². The van der Waals surface area contributed by atoms with E-state index in [9.17, 15) is 0 Å². The van der Waals surface area contributed by atoms with Gasteiger partial charge in [-0.15, -0.1) is 0 Å². The summed E-state index contributed by atoms with van der Waals surface area (Å²) in [6.45, 7) is 3.00. The average molecular weight is 306 g/mol. The molecule has 1 atom stereocenters. The van der Waals surface area contributed by atoms with E-state index in [1.165, 1.54) is 27.6 Å². The van der Waals surface area contributed by atoms with Gasteiger partial charge in [-0.25, -0.2) is 0 Å². The van der Waals surface area contributed by atoms with Crippen molar-refractivity contribution in [3.8, 4) is 0 Å². The number of nitrogens with zero attached hydrogens (tertiary/aromatic N) is 1. The fraction of sp³-hybridized carbons (Fsp3) is 0.300. The Balaban J connectivity index is 1.77. The molecule has 0 radical (unpaired) electrons. The van der Waals surface area contributed by atoms with Crippen molar-refractivity contribution in [2.45, 2.75) is 19.0 Å². The van der Waals surface area contributed by atoms with Crippen molar-refractivity contribution in [1.29, 1.82) is 0 Å². The summed E-state index contributed by atoms with van der Waals surface area (Å²) in [6, 6.07) is 15.5. The Morgan fingerprint density at radius 3 is 2.96 bits per heavy atom. The van der Waals surface area contributed by atoms with E-state index in [1.54, 1.807) is 6.26 Å². The first-order valence-electron chi connectivity index (χ1n) is 8.16. The van der Waals surface area contributed by atoms with Crippen LogP contribution in [0.1, 0.15) is 28.2 Å². The lowest BCUT2D eigenvalue weighted by atomic mass is 9.84. The molecule has 23 heavy (non-hydrogen) atoms. The highest BCUT2D eigenvalue weighted by molar-refractivity contribution is 5.78. The molecule has 1 aliphatic rings. The average Bonchev–Trinajstić information content (AvgIpc) is 3.01. The lowest BCUT2D eigenvalue weighted by Gasteiger charge is -2.33. The lowest BCUT2D eigenvalue weighted by molar-refractivity contribution is 0.295. The first kappa shape index (κ1) is 14.5. The van der Waals surface area contributed by atoms with E-state index in [-0.39, 0.29) is 0 Å². The van der Waals surface area contributed by atoms with Gasteiger partial charge in [0.2, 0.25) is 0 Å². The molecule has 2 heterocycles. The minimum Gasteiger partial charge on any atom is -0.464 e. The molecule has 0 amide bonds. The third kappa shape index (κ3) is 2.67.